The van der Waals surface area contributed by atoms with Gasteiger partial charge in [0.05, 0.1) is 11.3 Å². The third-order valence-electron chi connectivity index (χ3n) is 2.57. The van der Waals surface area contributed by atoms with Gasteiger partial charge in [-0.3, -0.25) is 0 Å². The lowest BCUT2D eigenvalue weighted by Gasteiger charge is -2.12. The molecule has 0 heterocycles. The van der Waals surface area contributed by atoms with Gasteiger partial charge in [0.1, 0.15) is 4.90 Å². The molecule has 0 radical (unpaired) electrons. The van der Waals surface area contributed by atoms with Crippen LogP contribution >= 0.6 is 0 Å². The van der Waals surface area contributed by atoms with Crippen LogP contribution in [0, 0.1) is 5.92 Å². The van der Waals surface area contributed by atoms with Gasteiger partial charge >= 0.3 is 5.97 Å². The fraction of sp³-hybridized carbons (Fsp3) is 0.417. The lowest BCUT2D eigenvalue weighted by atomic mass is 10.1. The first-order valence-corrected chi connectivity index (χ1v) is 7.40. The maximum absolute atomic E-state index is 11.5. The van der Waals surface area contributed by atoms with Crippen molar-refractivity contribution in [1.82, 2.24) is 0 Å². The Bertz CT molecular complexity index is 567. The first-order valence-electron chi connectivity index (χ1n) is 5.86. The minimum atomic E-state index is -3.97. The highest BCUT2D eigenvalue weighted by atomic mass is 32.2. The zero-order valence-electron chi connectivity index (χ0n) is 10.9. The van der Waals surface area contributed by atoms with Crippen LogP contribution in [0.25, 0.3) is 0 Å². The largest absolute Gasteiger partial charge is 0.478 e. The predicted octanol–water partition coefficient (Wildman–Crippen LogP) is 1.49. The smallest absolute Gasteiger partial charge is 0.335 e. The summed E-state index contributed by atoms with van der Waals surface area (Å²) in [6.07, 6.45) is 0.866. The van der Waals surface area contributed by atoms with Gasteiger partial charge in [0.2, 0.25) is 10.0 Å². The standard InChI is InChI=1S/C12H18N2O4S/c1-8(2)5-6-14-10-4-3-9(12(15)16)7-11(10)19(13,17)18/h3-4,7-8,14H,5-6H2,1-2H3,(H,15,16)(H2,13,17,18). The van der Waals surface area contributed by atoms with Gasteiger partial charge in [0.25, 0.3) is 0 Å². The number of carboxylic acids is 1. The van der Waals surface area contributed by atoms with Crippen LogP contribution in [0.1, 0.15) is 30.6 Å². The monoisotopic (exact) mass is 286 g/mol. The summed E-state index contributed by atoms with van der Waals surface area (Å²) in [5.74, 6) is -0.720. The number of aromatic carboxylic acids is 1. The summed E-state index contributed by atoms with van der Waals surface area (Å²) < 4.78 is 22.9. The molecular weight excluding hydrogens is 268 g/mol. The van der Waals surface area contributed by atoms with E-state index in [4.69, 9.17) is 10.2 Å². The first-order chi connectivity index (χ1) is 8.71. The number of nitrogens with one attached hydrogen (secondary N) is 1. The Morgan fingerprint density at radius 2 is 2.05 bits per heavy atom. The number of hydrogen-bond acceptors (Lipinski definition) is 4. The first kappa shape index (κ1) is 15.5. The molecule has 7 heteroatoms. The van der Waals surface area contributed by atoms with Gasteiger partial charge in [-0.15, -0.1) is 0 Å². The number of primary sulfonamides is 1. The second kappa shape index (κ2) is 6.03. The minimum absolute atomic E-state index is 0.113. The zero-order chi connectivity index (χ0) is 14.6. The Hall–Kier alpha value is -1.60. The van der Waals surface area contributed by atoms with Gasteiger partial charge in [0.15, 0.2) is 0 Å². The van der Waals surface area contributed by atoms with Crippen LogP contribution in [-0.2, 0) is 10.0 Å². The van der Waals surface area contributed by atoms with Crippen LogP contribution in [0.4, 0.5) is 5.69 Å². The van der Waals surface area contributed by atoms with Crippen molar-refractivity contribution in [3.63, 3.8) is 0 Å². The molecule has 0 fully saturated rings. The van der Waals surface area contributed by atoms with E-state index in [0.29, 0.717) is 18.2 Å². The molecule has 0 amide bonds. The SMILES string of the molecule is CC(C)CCNc1ccc(C(=O)O)cc1S(N)(=O)=O. The molecule has 0 spiro atoms. The van der Waals surface area contributed by atoms with Crippen molar-refractivity contribution < 1.29 is 18.3 Å². The summed E-state index contributed by atoms with van der Waals surface area (Å²) in [4.78, 5) is 10.6. The van der Waals surface area contributed by atoms with Crippen LogP contribution in [-0.4, -0.2) is 26.0 Å². The van der Waals surface area contributed by atoms with Crippen molar-refractivity contribution in [2.75, 3.05) is 11.9 Å². The van der Waals surface area contributed by atoms with Crippen molar-refractivity contribution in [3.8, 4) is 0 Å². The molecule has 1 aromatic rings. The summed E-state index contributed by atoms with van der Waals surface area (Å²) in [5, 5.41) is 16.9. The third-order valence-corrected chi connectivity index (χ3v) is 3.52. The molecule has 0 bridgehead atoms. The van der Waals surface area contributed by atoms with Crippen LogP contribution in [0.2, 0.25) is 0 Å². The number of benzene rings is 1. The van der Waals surface area contributed by atoms with E-state index in [1.54, 1.807) is 0 Å². The molecule has 106 valence electrons. The molecule has 0 saturated carbocycles. The van der Waals surface area contributed by atoms with Crippen molar-refractivity contribution in [2.24, 2.45) is 11.1 Å². The van der Waals surface area contributed by atoms with Gasteiger partial charge < -0.3 is 10.4 Å². The molecular formula is C12H18N2O4S. The maximum atomic E-state index is 11.5. The van der Waals surface area contributed by atoms with E-state index in [1.165, 1.54) is 12.1 Å². The fourth-order valence-electron chi connectivity index (χ4n) is 1.53. The number of carbonyl (C=O) groups is 1. The number of carboxylic acid groups (broad SMARTS) is 1. The molecule has 0 saturated heterocycles. The maximum Gasteiger partial charge on any atom is 0.335 e. The molecule has 4 N–H and O–H groups in total. The molecule has 6 nitrogen and oxygen atoms in total. The van der Waals surface area contributed by atoms with E-state index in [-0.39, 0.29) is 10.5 Å². The molecule has 0 aromatic heterocycles. The predicted molar refractivity (Wildman–Crippen MR) is 72.7 cm³/mol. The van der Waals surface area contributed by atoms with Gasteiger partial charge in [0, 0.05) is 6.54 Å². The molecule has 1 aromatic carbocycles. The van der Waals surface area contributed by atoms with Crippen molar-refractivity contribution in [3.05, 3.63) is 23.8 Å². The Morgan fingerprint density at radius 1 is 1.42 bits per heavy atom. The third kappa shape index (κ3) is 4.53. The van der Waals surface area contributed by atoms with E-state index in [1.807, 2.05) is 0 Å². The fourth-order valence-corrected chi connectivity index (χ4v) is 2.27. The lowest BCUT2D eigenvalue weighted by molar-refractivity contribution is 0.0696. The molecule has 0 aliphatic rings. The number of anilines is 1. The Morgan fingerprint density at radius 3 is 2.53 bits per heavy atom. The second-order valence-corrected chi connectivity index (χ2v) is 6.20. The average molecular weight is 286 g/mol. The quantitative estimate of drug-likeness (QED) is 0.734. The molecule has 0 atom stereocenters. The number of nitrogens with two attached hydrogens (primary N) is 1. The summed E-state index contributed by atoms with van der Waals surface area (Å²) >= 11 is 0. The molecule has 0 unspecified atom stereocenters. The Labute approximate surface area is 112 Å². The van der Waals surface area contributed by atoms with Gasteiger partial charge in [-0.25, -0.2) is 18.4 Å². The summed E-state index contributed by atoms with van der Waals surface area (Å²) in [5.41, 5.74) is 0.214. The van der Waals surface area contributed by atoms with E-state index in [0.717, 1.165) is 12.5 Å². The van der Waals surface area contributed by atoms with Gasteiger partial charge in [-0.2, -0.15) is 0 Å². The van der Waals surface area contributed by atoms with Crippen LogP contribution < -0.4 is 10.5 Å². The summed E-state index contributed by atoms with van der Waals surface area (Å²) in [7, 11) is -3.97. The van der Waals surface area contributed by atoms with Gasteiger partial charge in [-0.05, 0) is 30.5 Å². The highest BCUT2D eigenvalue weighted by Gasteiger charge is 2.16. The minimum Gasteiger partial charge on any atom is -0.478 e. The van der Waals surface area contributed by atoms with E-state index >= 15 is 0 Å². The number of sulfonamides is 1. The van der Waals surface area contributed by atoms with E-state index in [2.05, 4.69) is 19.2 Å². The molecule has 0 aliphatic heterocycles. The molecule has 0 aliphatic carbocycles. The normalized spacial score (nSPS) is 11.6. The van der Waals surface area contributed by atoms with Crippen LogP contribution in [0.5, 0.6) is 0 Å². The molecule has 19 heavy (non-hydrogen) atoms. The van der Waals surface area contributed by atoms with Crippen LogP contribution in [0.15, 0.2) is 23.1 Å². The topological polar surface area (TPSA) is 109 Å². The average Bonchev–Trinajstić information content (AvgIpc) is 2.27. The second-order valence-electron chi connectivity index (χ2n) is 4.67. The van der Waals surface area contributed by atoms with Crippen molar-refractivity contribution >= 4 is 21.7 Å². The van der Waals surface area contributed by atoms with E-state index in [9.17, 15) is 13.2 Å². The van der Waals surface area contributed by atoms with E-state index < -0.39 is 16.0 Å². The zero-order valence-corrected chi connectivity index (χ0v) is 11.7. The highest BCUT2D eigenvalue weighted by molar-refractivity contribution is 7.89. The van der Waals surface area contributed by atoms with Gasteiger partial charge in [-0.1, -0.05) is 13.8 Å². The summed E-state index contributed by atoms with van der Waals surface area (Å²) in [6.45, 7) is 4.69. The van der Waals surface area contributed by atoms with Crippen LogP contribution in [0.3, 0.4) is 0 Å². The Kier molecular flexibility index (Phi) is 4.90. The molecule has 1 rings (SSSR count). The van der Waals surface area contributed by atoms with Crippen molar-refractivity contribution in [2.45, 2.75) is 25.2 Å². The summed E-state index contributed by atoms with van der Waals surface area (Å²) in [6, 6.07) is 3.83. The van der Waals surface area contributed by atoms with Crippen molar-refractivity contribution in [1.29, 1.82) is 0 Å². The lowest BCUT2D eigenvalue weighted by Crippen LogP contribution is -2.17. The highest BCUT2D eigenvalue weighted by Crippen LogP contribution is 2.22. The Balaban J connectivity index is 3.07. The number of rotatable bonds is 6. The number of hydrogen-bond donors (Lipinski definition) is 3.